The number of amides is 1. The first kappa shape index (κ1) is 21.6. The molecule has 2 aliphatic heterocycles. The monoisotopic (exact) mass is 538 g/mol. The van der Waals surface area contributed by atoms with Crippen molar-refractivity contribution in [2.24, 2.45) is 5.41 Å². The molecule has 1 unspecified atom stereocenters. The Bertz CT molecular complexity index is 1380. The average molecular weight is 540 g/mol. The largest absolute Gasteiger partial charge is 0.342 e. The van der Waals surface area contributed by atoms with E-state index >= 15 is 0 Å². The normalized spacial score (nSPS) is 19.6. The summed E-state index contributed by atoms with van der Waals surface area (Å²) in [5.74, 6) is 0.588. The fourth-order valence-electron chi connectivity index (χ4n) is 5.36. The van der Waals surface area contributed by atoms with Crippen LogP contribution in [0.25, 0.3) is 11.0 Å². The third-order valence-electron chi connectivity index (χ3n) is 7.10. The summed E-state index contributed by atoms with van der Waals surface area (Å²) in [6, 6.07) is 19.8. The van der Waals surface area contributed by atoms with E-state index in [0.29, 0.717) is 31.0 Å². The first-order chi connectivity index (χ1) is 16.4. The van der Waals surface area contributed by atoms with Crippen molar-refractivity contribution in [1.82, 2.24) is 9.97 Å². The number of hydrogen-bond acceptors (Lipinski definition) is 3. The van der Waals surface area contributed by atoms with Crippen molar-refractivity contribution >= 4 is 56.1 Å². The Balaban J connectivity index is 1.30. The van der Waals surface area contributed by atoms with Gasteiger partial charge < -0.3 is 14.8 Å². The molecule has 1 N–H and O–H groups in total. The lowest BCUT2D eigenvalue weighted by atomic mass is 9.62. The van der Waals surface area contributed by atoms with Crippen LogP contribution in [-0.2, 0) is 4.79 Å². The Kier molecular flexibility index (Phi) is 5.15. The van der Waals surface area contributed by atoms with Gasteiger partial charge >= 0.3 is 0 Å². The minimum absolute atomic E-state index is 0.100. The molecule has 0 saturated carbocycles. The van der Waals surface area contributed by atoms with Crippen molar-refractivity contribution in [3.05, 3.63) is 87.6 Å². The molecule has 2 aliphatic rings. The summed E-state index contributed by atoms with van der Waals surface area (Å²) >= 11 is 9.63. The fourth-order valence-corrected chi connectivity index (χ4v) is 5.80. The maximum absolute atomic E-state index is 13.7. The van der Waals surface area contributed by atoms with E-state index in [1.54, 1.807) is 12.1 Å². The molecule has 6 rings (SSSR count). The molecule has 0 radical (unpaired) electrons. The predicted octanol–water partition coefficient (Wildman–Crippen LogP) is 6.49. The summed E-state index contributed by atoms with van der Waals surface area (Å²) in [5, 5.41) is 0.665. The molecule has 1 aromatic heterocycles. The highest BCUT2D eigenvalue weighted by Crippen LogP contribution is 2.57. The summed E-state index contributed by atoms with van der Waals surface area (Å²) in [6.45, 7) is 1.42. The zero-order chi connectivity index (χ0) is 23.4. The second-order valence-electron chi connectivity index (χ2n) is 8.97. The molecule has 1 spiro atoms. The Morgan fingerprint density at radius 3 is 2.44 bits per heavy atom. The number of fused-ring (bicyclic) bond motifs is 1. The first-order valence-corrected chi connectivity index (χ1v) is 12.4. The number of anilines is 2. The number of halogens is 3. The van der Waals surface area contributed by atoms with E-state index in [4.69, 9.17) is 16.6 Å². The van der Waals surface area contributed by atoms with Gasteiger partial charge in [0.2, 0.25) is 11.9 Å². The number of carbonyl (C=O) groups excluding carboxylic acids is 1. The van der Waals surface area contributed by atoms with E-state index in [9.17, 15) is 9.18 Å². The van der Waals surface area contributed by atoms with Crippen LogP contribution in [0.1, 0.15) is 24.4 Å². The maximum atomic E-state index is 13.7. The van der Waals surface area contributed by atoms with Crippen molar-refractivity contribution in [2.75, 3.05) is 22.9 Å². The van der Waals surface area contributed by atoms with E-state index in [2.05, 4.69) is 37.9 Å². The summed E-state index contributed by atoms with van der Waals surface area (Å²) in [7, 11) is 0. The molecule has 172 valence electrons. The Morgan fingerprint density at radius 2 is 1.74 bits per heavy atom. The van der Waals surface area contributed by atoms with Gasteiger partial charge in [-0.05, 0) is 73.0 Å². The molecule has 5 nitrogen and oxygen atoms in total. The molecule has 34 heavy (non-hydrogen) atoms. The van der Waals surface area contributed by atoms with Crippen LogP contribution < -0.4 is 9.80 Å². The summed E-state index contributed by atoms with van der Waals surface area (Å²) in [5.41, 5.74) is 3.08. The third-order valence-corrected chi connectivity index (χ3v) is 7.87. The third kappa shape index (κ3) is 3.41. The fraction of sp³-hybridized carbons (Fsp3) is 0.231. The lowest BCUT2D eigenvalue weighted by Gasteiger charge is -2.59. The summed E-state index contributed by atoms with van der Waals surface area (Å²) in [6.07, 6.45) is 1.42. The zero-order valence-electron chi connectivity index (χ0n) is 18.1. The van der Waals surface area contributed by atoms with Gasteiger partial charge in [0.05, 0.1) is 22.5 Å². The van der Waals surface area contributed by atoms with Gasteiger partial charge in [-0.15, -0.1) is 0 Å². The van der Waals surface area contributed by atoms with E-state index in [0.717, 1.165) is 32.7 Å². The molecular weight excluding hydrogens is 519 g/mol. The number of nitrogens with one attached hydrogen (secondary N) is 1. The highest BCUT2D eigenvalue weighted by atomic mass is 79.9. The SMILES string of the molecule is O=C1N(c2ccc(F)cc2)C(c2ccc(Br)cc2)C12CCN(c1nc3ccc(Cl)cc3[nH]1)CC2. The van der Waals surface area contributed by atoms with Gasteiger partial charge in [-0.3, -0.25) is 4.79 Å². The quantitative estimate of drug-likeness (QED) is 0.303. The van der Waals surface area contributed by atoms with E-state index in [-0.39, 0.29) is 17.8 Å². The predicted molar refractivity (Wildman–Crippen MR) is 136 cm³/mol. The standard InChI is InChI=1S/C26H21BrClFN4O/c27-17-3-1-16(2-4-17)23-26(24(34)33(23)20-8-6-19(29)7-9-20)11-13-32(14-12-26)25-30-21-10-5-18(28)15-22(21)31-25/h1-10,15,23H,11-14H2,(H,30,31). The number of piperidine rings is 1. The maximum Gasteiger partial charge on any atom is 0.236 e. The molecule has 1 amide bonds. The Hall–Kier alpha value is -2.90. The van der Waals surface area contributed by atoms with Crippen LogP contribution in [-0.4, -0.2) is 29.0 Å². The van der Waals surface area contributed by atoms with Gasteiger partial charge in [-0.25, -0.2) is 9.37 Å². The van der Waals surface area contributed by atoms with Gasteiger partial charge in [0, 0.05) is 28.3 Å². The molecule has 2 saturated heterocycles. The second kappa shape index (κ2) is 8.10. The van der Waals surface area contributed by atoms with Crippen LogP contribution in [0.4, 0.5) is 16.0 Å². The molecule has 8 heteroatoms. The molecule has 2 fully saturated rings. The molecule has 0 bridgehead atoms. The molecule has 1 atom stereocenters. The zero-order valence-corrected chi connectivity index (χ0v) is 20.5. The van der Waals surface area contributed by atoms with Crippen LogP contribution in [0, 0.1) is 11.2 Å². The number of imidazole rings is 1. The van der Waals surface area contributed by atoms with Gasteiger partial charge in [-0.2, -0.15) is 0 Å². The van der Waals surface area contributed by atoms with Gasteiger partial charge in [0.1, 0.15) is 5.82 Å². The molecule has 4 aromatic rings. The van der Waals surface area contributed by atoms with Crippen molar-refractivity contribution < 1.29 is 9.18 Å². The Morgan fingerprint density at radius 1 is 1.03 bits per heavy atom. The number of rotatable bonds is 3. The lowest BCUT2D eigenvalue weighted by Crippen LogP contribution is -2.66. The first-order valence-electron chi connectivity index (χ1n) is 11.2. The molecule has 3 aromatic carbocycles. The van der Waals surface area contributed by atoms with E-state index in [1.807, 2.05) is 35.2 Å². The van der Waals surface area contributed by atoms with Crippen molar-refractivity contribution in [3.8, 4) is 0 Å². The number of carbonyl (C=O) groups is 1. The van der Waals surface area contributed by atoms with Crippen molar-refractivity contribution in [2.45, 2.75) is 18.9 Å². The van der Waals surface area contributed by atoms with Crippen molar-refractivity contribution in [3.63, 3.8) is 0 Å². The number of aromatic amines is 1. The minimum Gasteiger partial charge on any atom is -0.342 e. The number of benzene rings is 3. The van der Waals surface area contributed by atoms with Gasteiger partial charge in [0.25, 0.3) is 0 Å². The number of nitrogens with zero attached hydrogens (tertiary/aromatic N) is 3. The highest BCUT2D eigenvalue weighted by Gasteiger charge is 2.62. The average Bonchev–Trinajstić information content (AvgIpc) is 3.27. The molecule has 3 heterocycles. The van der Waals surface area contributed by atoms with Crippen LogP contribution in [0.2, 0.25) is 5.02 Å². The number of hydrogen-bond donors (Lipinski definition) is 1. The number of aromatic nitrogens is 2. The topological polar surface area (TPSA) is 52.2 Å². The smallest absolute Gasteiger partial charge is 0.236 e. The van der Waals surface area contributed by atoms with Gasteiger partial charge in [0.15, 0.2) is 0 Å². The highest BCUT2D eigenvalue weighted by molar-refractivity contribution is 9.10. The second-order valence-corrected chi connectivity index (χ2v) is 10.3. The molecular formula is C26H21BrClFN4O. The van der Waals surface area contributed by atoms with Gasteiger partial charge in [-0.1, -0.05) is 39.7 Å². The number of H-pyrrole nitrogens is 1. The summed E-state index contributed by atoms with van der Waals surface area (Å²) < 4.78 is 14.5. The van der Waals surface area contributed by atoms with E-state index in [1.165, 1.54) is 12.1 Å². The van der Waals surface area contributed by atoms with E-state index < -0.39 is 5.41 Å². The Labute approximate surface area is 209 Å². The lowest BCUT2D eigenvalue weighted by molar-refractivity contribution is -0.142. The van der Waals surface area contributed by atoms with Crippen molar-refractivity contribution in [1.29, 1.82) is 0 Å². The van der Waals surface area contributed by atoms with Crippen LogP contribution in [0.5, 0.6) is 0 Å². The van der Waals surface area contributed by atoms with Crippen LogP contribution in [0.15, 0.2) is 71.2 Å². The molecule has 0 aliphatic carbocycles. The number of β-lactam (4-membered cyclic amide) rings is 1. The minimum atomic E-state index is -0.492. The van der Waals surface area contributed by atoms with Crippen LogP contribution >= 0.6 is 27.5 Å². The van der Waals surface area contributed by atoms with Crippen LogP contribution in [0.3, 0.4) is 0 Å². The summed E-state index contributed by atoms with van der Waals surface area (Å²) in [4.78, 5) is 25.8.